The zero-order valence-corrected chi connectivity index (χ0v) is 16.7. The lowest BCUT2D eigenvalue weighted by Crippen LogP contribution is -2.56. The molecule has 1 aliphatic rings. The van der Waals surface area contributed by atoms with Crippen molar-refractivity contribution in [3.8, 4) is 0 Å². The Morgan fingerprint density at radius 1 is 1.04 bits per heavy atom. The summed E-state index contributed by atoms with van der Waals surface area (Å²) in [5, 5.41) is 14.3. The molecular formula is C18H32N4O5. The summed E-state index contributed by atoms with van der Waals surface area (Å²) < 4.78 is 0. The molecule has 0 aromatic carbocycles. The van der Waals surface area contributed by atoms with Gasteiger partial charge >= 0.3 is 5.97 Å². The average Bonchev–Trinajstić information content (AvgIpc) is 3.06. The van der Waals surface area contributed by atoms with Gasteiger partial charge in [-0.15, -0.1) is 0 Å². The number of amides is 3. The highest BCUT2D eigenvalue weighted by molar-refractivity contribution is 5.94. The molecule has 0 spiro atoms. The van der Waals surface area contributed by atoms with Gasteiger partial charge in [0.05, 0.1) is 6.04 Å². The lowest BCUT2D eigenvalue weighted by Gasteiger charge is -2.29. The van der Waals surface area contributed by atoms with Crippen molar-refractivity contribution >= 4 is 23.7 Å². The summed E-state index contributed by atoms with van der Waals surface area (Å²) in [6.07, 6.45) is 1.09. The Bertz CT molecular complexity index is 578. The Hall–Kier alpha value is -2.16. The third-order valence-corrected chi connectivity index (χ3v) is 4.82. The van der Waals surface area contributed by atoms with Crippen LogP contribution in [0.3, 0.4) is 0 Å². The van der Waals surface area contributed by atoms with Crippen molar-refractivity contribution in [2.75, 3.05) is 6.54 Å². The summed E-state index contributed by atoms with van der Waals surface area (Å²) in [5.74, 6) is -2.75. The average molecular weight is 384 g/mol. The van der Waals surface area contributed by atoms with Crippen LogP contribution in [0.25, 0.3) is 0 Å². The lowest BCUT2D eigenvalue weighted by atomic mass is 10.0. The number of carboxylic acids is 1. The lowest BCUT2D eigenvalue weighted by molar-refractivity contribution is -0.145. The van der Waals surface area contributed by atoms with Gasteiger partial charge < -0.3 is 26.4 Å². The van der Waals surface area contributed by atoms with Gasteiger partial charge in [-0.3, -0.25) is 14.4 Å². The number of carbonyl (C=O) groups is 4. The molecule has 154 valence electrons. The monoisotopic (exact) mass is 384 g/mol. The van der Waals surface area contributed by atoms with E-state index in [9.17, 15) is 24.3 Å². The molecule has 0 aliphatic carbocycles. The zero-order valence-electron chi connectivity index (χ0n) is 16.7. The van der Waals surface area contributed by atoms with Crippen LogP contribution in [0.5, 0.6) is 0 Å². The van der Waals surface area contributed by atoms with Gasteiger partial charge in [-0.1, -0.05) is 27.7 Å². The van der Waals surface area contributed by atoms with E-state index >= 15 is 0 Å². The Morgan fingerprint density at radius 2 is 1.63 bits per heavy atom. The van der Waals surface area contributed by atoms with E-state index in [0.717, 1.165) is 0 Å². The highest BCUT2D eigenvalue weighted by Gasteiger charge is 2.38. The molecule has 9 nitrogen and oxygen atoms in total. The molecule has 5 N–H and O–H groups in total. The molecule has 1 rings (SSSR count). The molecule has 0 bridgehead atoms. The Kier molecular flexibility index (Phi) is 8.20. The van der Waals surface area contributed by atoms with E-state index < -0.39 is 42.0 Å². The molecule has 27 heavy (non-hydrogen) atoms. The number of nitrogens with two attached hydrogens (primary N) is 1. The first-order valence-corrected chi connectivity index (χ1v) is 9.37. The van der Waals surface area contributed by atoms with Crippen LogP contribution < -0.4 is 16.4 Å². The van der Waals surface area contributed by atoms with Crippen molar-refractivity contribution in [3.63, 3.8) is 0 Å². The largest absolute Gasteiger partial charge is 0.480 e. The number of likely N-dealkylation sites (tertiary alicyclic amines) is 1. The van der Waals surface area contributed by atoms with Gasteiger partial charge in [0.2, 0.25) is 17.7 Å². The summed E-state index contributed by atoms with van der Waals surface area (Å²) in [5.41, 5.74) is 5.79. The summed E-state index contributed by atoms with van der Waals surface area (Å²) >= 11 is 0. The molecule has 0 aromatic heterocycles. The number of hydrogen-bond donors (Lipinski definition) is 4. The van der Waals surface area contributed by atoms with Gasteiger partial charge in [0.15, 0.2) is 0 Å². The van der Waals surface area contributed by atoms with Crippen molar-refractivity contribution in [1.29, 1.82) is 0 Å². The maximum Gasteiger partial charge on any atom is 0.326 e. The quantitative estimate of drug-likeness (QED) is 0.452. The molecule has 3 amide bonds. The maximum atomic E-state index is 12.7. The predicted octanol–water partition coefficient (Wildman–Crippen LogP) is -0.309. The SMILES string of the molecule is CC(C)[C@H](N)C(=O)N[C@@H](C)C(=O)N1CCC[C@H]1C(=O)N[C@H](C(=O)O)C(C)C. The van der Waals surface area contributed by atoms with Crippen LogP contribution in [0.4, 0.5) is 0 Å². The minimum absolute atomic E-state index is 0.0680. The Labute approximate surface area is 160 Å². The van der Waals surface area contributed by atoms with Gasteiger partial charge in [-0.05, 0) is 31.6 Å². The second kappa shape index (κ2) is 9.68. The van der Waals surface area contributed by atoms with Crippen molar-refractivity contribution in [2.24, 2.45) is 17.6 Å². The molecule has 9 heteroatoms. The summed E-state index contributed by atoms with van der Waals surface area (Å²) in [4.78, 5) is 50.0. The van der Waals surface area contributed by atoms with Gasteiger partial charge in [-0.25, -0.2) is 4.79 Å². The molecule has 1 saturated heterocycles. The van der Waals surface area contributed by atoms with Crippen LogP contribution in [0.1, 0.15) is 47.5 Å². The molecule has 1 fully saturated rings. The van der Waals surface area contributed by atoms with Gasteiger partial charge in [-0.2, -0.15) is 0 Å². The van der Waals surface area contributed by atoms with E-state index in [4.69, 9.17) is 5.73 Å². The fourth-order valence-electron chi connectivity index (χ4n) is 2.99. The number of carbonyl (C=O) groups excluding carboxylic acids is 3. The summed E-state index contributed by atoms with van der Waals surface area (Å²) in [7, 11) is 0. The van der Waals surface area contributed by atoms with Gasteiger partial charge in [0.1, 0.15) is 18.1 Å². The molecule has 0 radical (unpaired) electrons. The normalized spacial score (nSPS) is 20.3. The van der Waals surface area contributed by atoms with Crippen molar-refractivity contribution in [1.82, 2.24) is 15.5 Å². The van der Waals surface area contributed by atoms with Crippen molar-refractivity contribution < 1.29 is 24.3 Å². The number of nitrogens with zero attached hydrogens (tertiary/aromatic N) is 1. The molecule has 0 unspecified atom stereocenters. The van der Waals surface area contributed by atoms with Crippen molar-refractivity contribution in [3.05, 3.63) is 0 Å². The van der Waals surface area contributed by atoms with Gasteiger partial charge in [0, 0.05) is 6.54 Å². The van der Waals surface area contributed by atoms with E-state index in [2.05, 4.69) is 10.6 Å². The Balaban J connectivity index is 2.77. The van der Waals surface area contributed by atoms with E-state index in [1.165, 1.54) is 4.90 Å². The molecule has 0 aromatic rings. The van der Waals surface area contributed by atoms with E-state index in [-0.39, 0.29) is 17.7 Å². The molecule has 0 saturated carbocycles. The smallest absolute Gasteiger partial charge is 0.326 e. The van der Waals surface area contributed by atoms with Crippen LogP contribution in [0.15, 0.2) is 0 Å². The summed E-state index contributed by atoms with van der Waals surface area (Å²) in [6.45, 7) is 8.95. The standard InChI is InChI=1S/C18H32N4O5/c1-9(2)13(19)16(24)20-11(5)17(25)22-8-6-7-12(22)15(23)21-14(10(3)4)18(26)27/h9-14H,6-8,19H2,1-5H3,(H,20,24)(H,21,23)(H,26,27)/t11-,12-,13-,14-/m0/s1. The molecule has 4 atom stereocenters. The molecular weight excluding hydrogens is 352 g/mol. The van der Waals surface area contributed by atoms with Crippen LogP contribution in [-0.2, 0) is 19.2 Å². The first-order valence-electron chi connectivity index (χ1n) is 9.37. The third kappa shape index (κ3) is 5.92. The predicted molar refractivity (Wildman–Crippen MR) is 99.6 cm³/mol. The molecule has 1 aliphatic heterocycles. The van der Waals surface area contributed by atoms with E-state index in [1.54, 1.807) is 20.8 Å². The topological polar surface area (TPSA) is 142 Å². The van der Waals surface area contributed by atoms with Crippen molar-refractivity contribution in [2.45, 2.75) is 71.6 Å². The highest BCUT2D eigenvalue weighted by atomic mass is 16.4. The van der Waals surface area contributed by atoms with Crippen LogP contribution >= 0.6 is 0 Å². The zero-order chi connectivity index (χ0) is 20.9. The van der Waals surface area contributed by atoms with Crippen LogP contribution in [0, 0.1) is 11.8 Å². The fraction of sp³-hybridized carbons (Fsp3) is 0.778. The fourth-order valence-corrected chi connectivity index (χ4v) is 2.99. The first kappa shape index (κ1) is 22.9. The van der Waals surface area contributed by atoms with Crippen LogP contribution in [0.2, 0.25) is 0 Å². The minimum Gasteiger partial charge on any atom is -0.480 e. The van der Waals surface area contributed by atoms with Gasteiger partial charge in [0.25, 0.3) is 0 Å². The van der Waals surface area contributed by atoms with E-state index in [0.29, 0.717) is 19.4 Å². The van der Waals surface area contributed by atoms with Crippen LogP contribution in [-0.4, -0.2) is 64.4 Å². The first-order chi connectivity index (χ1) is 12.5. The Morgan fingerprint density at radius 3 is 2.11 bits per heavy atom. The summed E-state index contributed by atoms with van der Waals surface area (Å²) in [6, 6.07) is -3.30. The third-order valence-electron chi connectivity index (χ3n) is 4.82. The number of aliphatic carboxylic acids is 1. The number of carboxylic acid groups (broad SMARTS) is 1. The maximum absolute atomic E-state index is 12.7. The second-order valence-corrected chi connectivity index (χ2v) is 7.76. The molecule has 1 heterocycles. The highest BCUT2D eigenvalue weighted by Crippen LogP contribution is 2.19. The second-order valence-electron chi connectivity index (χ2n) is 7.76. The number of nitrogens with one attached hydrogen (secondary N) is 2. The minimum atomic E-state index is -1.11. The number of rotatable bonds is 8. The number of hydrogen-bond acceptors (Lipinski definition) is 5. The van der Waals surface area contributed by atoms with E-state index in [1.807, 2.05) is 13.8 Å².